The Balaban J connectivity index is 2.04. The number of carbonyl (C=O) groups is 1. The lowest BCUT2D eigenvalue weighted by molar-refractivity contribution is 0.0446. The molecule has 0 spiro atoms. The Bertz CT molecular complexity index is 714. The highest BCUT2D eigenvalue weighted by Crippen LogP contribution is 2.16. The number of halogens is 1. The van der Waals surface area contributed by atoms with Crippen LogP contribution in [0.2, 0.25) is 0 Å². The lowest BCUT2D eigenvalue weighted by Gasteiger charge is -2.29. The van der Waals surface area contributed by atoms with Crippen molar-refractivity contribution in [3.8, 4) is 5.75 Å². The molecule has 0 heterocycles. The number of nitrogens with one attached hydrogen (secondary N) is 1. The third kappa shape index (κ3) is 6.08. The van der Waals surface area contributed by atoms with Crippen LogP contribution in [-0.4, -0.2) is 33.3 Å². The van der Waals surface area contributed by atoms with Crippen molar-refractivity contribution >= 4 is 6.03 Å². The largest absolute Gasteiger partial charge is 0.505 e. The maximum atomic E-state index is 13.4. The number of nitrogens with zero attached hydrogens (tertiary/aromatic N) is 1. The van der Waals surface area contributed by atoms with E-state index in [1.807, 2.05) is 30.3 Å². The molecule has 0 saturated heterocycles. The van der Waals surface area contributed by atoms with Gasteiger partial charge in [0.25, 0.3) is 0 Å². The number of phenolic OH excluding ortho intramolecular Hbond substituents is 1. The fraction of sp³-hybridized carbons (Fsp3) is 0.316. The summed E-state index contributed by atoms with van der Waals surface area (Å²) in [5.74, 6) is -1.16. The molecule has 0 aliphatic rings. The van der Waals surface area contributed by atoms with Crippen LogP contribution in [0, 0.1) is 5.82 Å². The number of phenols is 1. The molecule has 0 fully saturated rings. The van der Waals surface area contributed by atoms with E-state index in [1.165, 1.54) is 23.1 Å². The quantitative estimate of drug-likeness (QED) is 0.753. The van der Waals surface area contributed by atoms with Crippen LogP contribution in [0.3, 0.4) is 0 Å². The SMILES string of the molecule is CC(C)(O)CN(Cc1ccccc1)C(=O)NCc1ccc(O)c(F)c1. The Morgan fingerprint density at radius 3 is 2.44 bits per heavy atom. The van der Waals surface area contributed by atoms with Gasteiger partial charge in [-0.1, -0.05) is 36.4 Å². The standard InChI is InChI=1S/C19H23FN2O3/c1-19(2,25)13-22(12-14-6-4-3-5-7-14)18(24)21-11-15-8-9-17(23)16(20)10-15/h3-10,23,25H,11-13H2,1-2H3,(H,21,24). The summed E-state index contributed by atoms with van der Waals surface area (Å²) in [4.78, 5) is 14.0. The minimum atomic E-state index is -1.04. The molecule has 0 radical (unpaired) electrons. The monoisotopic (exact) mass is 346 g/mol. The van der Waals surface area contributed by atoms with Crippen LogP contribution in [0.4, 0.5) is 9.18 Å². The number of aromatic hydroxyl groups is 1. The van der Waals surface area contributed by atoms with Crippen LogP contribution in [0.25, 0.3) is 0 Å². The maximum Gasteiger partial charge on any atom is 0.318 e. The highest BCUT2D eigenvalue weighted by molar-refractivity contribution is 5.74. The molecule has 2 aromatic rings. The maximum absolute atomic E-state index is 13.4. The molecule has 0 unspecified atom stereocenters. The van der Waals surface area contributed by atoms with Gasteiger partial charge in [0.05, 0.1) is 12.1 Å². The third-order valence-electron chi connectivity index (χ3n) is 3.54. The smallest absolute Gasteiger partial charge is 0.318 e. The fourth-order valence-electron chi connectivity index (χ4n) is 2.42. The Morgan fingerprint density at radius 1 is 1.16 bits per heavy atom. The summed E-state index contributed by atoms with van der Waals surface area (Å²) in [6.07, 6.45) is 0. The van der Waals surface area contributed by atoms with Gasteiger partial charge in [-0.05, 0) is 37.1 Å². The second-order valence-corrected chi connectivity index (χ2v) is 6.60. The number of rotatable bonds is 6. The molecule has 0 saturated carbocycles. The lowest BCUT2D eigenvalue weighted by atomic mass is 10.1. The molecule has 0 aliphatic heterocycles. The summed E-state index contributed by atoms with van der Waals surface area (Å²) in [6, 6.07) is 13.1. The summed E-state index contributed by atoms with van der Waals surface area (Å²) >= 11 is 0. The first-order valence-electron chi connectivity index (χ1n) is 8.01. The number of hydrogen-bond acceptors (Lipinski definition) is 3. The number of carbonyl (C=O) groups excluding carboxylic acids is 1. The van der Waals surface area contributed by atoms with E-state index in [0.29, 0.717) is 12.1 Å². The summed E-state index contributed by atoms with van der Waals surface area (Å²) in [5.41, 5.74) is 0.431. The fourth-order valence-corrected chi connectivity index (χ4v) is 2.42. The Hall–Kier alpha value is -2.60. The van der Waals surface area contributed by atoms with Gasteiger partial charge in [0, 0.05) is 13.1 Å². The first-order valence-corrected chi connectivity index (χ1v) is 8.01. The zero-order valence-electron chi connectivity index (χ0n) is 14.4. The van der Waals surface area contributed by atoms with Crippen LogP contribution in [0.5, 0.6) is 5.75 Å². The molecular weight excluding hydrogens is 323 g/mol. The highest BCUT2D eigenvalue weighted by Gasteiger charge is 2.22. The second-order valence-electron chi connectivity index (χ2n) is 6.60. The van der Waals surface area contributed by atoms with Crippen molar-refractivity contribution in [2.45, 2.75) is 32.5 Å². The number of amides is 2. The number of urea groups is 1. The first kappa shape index (κ1) is 18.7. The second kappa shape index (κ2) is 7.98. The molecule has 2 amide bonds. The normalized spacial score (nSPS) is 11.2. The minimum absolute atomic E-state index is 0.118. The van der Waals surface area contributed by atoms with Crippen LogP contribution < -0.4 is 5.32 Å². The number of benzene rings is 2. The molecule has 3 N–H and O–H groups in total. The van der Waals surface area contributed by atoms with Gasteiger partial charge >= 0.3 is 6.03 Å². The zero-order valence-corrected chi connectivity index (χ0v) is 14.4. The van der Waals surface area contributed by atoms with E-state index < -0.39 is 17.2 Å². The molecule has 0 bridgehead atoms. The van der Waals surface area contributed by atoms with Gasteiger partial charge in [0.1, 0.15) is 0 Å². The molecule has 0 aromatic heterocycles. The molecule has 0 aliphatic carbocycles. The average molecular weight is 346 g/mol. The topological polar surface area (TPSA) is 72.8 Å². The highest BCUT2D eigenvalue weighted by atomic mass is 19.1. The van der Waals surface area contributed by atoms with Gasteiger partial charge in [0.2, 0.25) is 0 Å². The molecule has 6 heteroatoms. The van der Waals surface area contributed by atoms with Crippen molar-refractivity contribution in [1.82, 2.24) is 10.2 Å². The van der Waals surface area contributed by atoms with Crippen LogP contribution in [0.15, 0.2) is 48.5 Å². The molecule has 25 heavy (non-hydrogen) atoms. The van der Waals surface area contributed by atoms with Gasteiger partial charge < -0.3 is 20.4 Å². The summed E-state index contributed by atoms with van der Waals surface area (Å²) in [5, 5.41) is 22.0. The molecule has 2 rings (SSSR count). The van der Waals surface area contributed by atoms with Crippen molar-refractivity contribution in [2.24, 2.45) is 0 Å². The summed E-state index contributed by atoms with van der Waals surface area (Å²) < 4.78 is 13.4. The summed E-state index contributed by atoms with van der Waals surface area (Å²) in [6.45, 7) is 3.88. The number of hydrogen-bond donors (Lipinski definition) is 3. The van der Waals surface area contributed by atoms with E-state index in [4.69, 9.17) is 0 Å². The van der Waals surface area contributed by atoms with E-state index in [-0.39, 0.29) is 19.1 Å². The molecule has 5 nitrogen and oxygen atoms in total. The van der Waals surface area contributed by atoms with Gasteiger partial charge in [-0.2, -0.15) is 0 Å². The van der Waals surface area contributed by atoms with E-state index in [0.717, 1.165) is 5.56 Å². The average Bonchev–Trinajstić information content (AvgIpc) is 2.55. The third-order valence-corrected chi connectivity index (χ3v) is 3.54. The van der Waals surface area contributed by atoms with Crippen LogP contribution in [0.1, 0.15) is 25.0 Å². The Morgan fingerprint density at radius 2 is 1.84 bits per heavy atom. The van der Waals surface area contributed by atoms with E-state index in [9.17, 15) is 19.4 Å². The minimum Gasteiger partial charge on any atom is -0.505 e. The van der Waals surface area contributed by atoms with Gasteiger partial charge in [-0.15, -0.1) is 0 Å². The Kier molecular flexibility index (Phi) is 5.98. The lowest BCUT2D eigenvalue weighted by Crippen LogP contribution is -2.46. The van der Waals surface area contributed by atoms with Crippen LogP contribution >= 0.6 is 0 Å². The molecule has 134 valence electrons. The van der Waals surface area contributed by atoms with Gasteiger partial charge in [0.15, 0.2) is 11.6 Å². The molecule has 2 aromatic carbocycles. The summed E-state index contributed by atoms with van der Waals surface area (Å²) in [7, 11) is 0. The van der Waals surface area contributed by atoms with E-state index >= 15 is 0 Å². The molecular formula is C19H23FN2O3. The first-order chi connectivity index (χ1) is 11.7. The molecule has 0 atom stereocenters. The van der Waals surface area contributed by atoms with E-state index in [1.54, 1.807) is 13.8 Å². The van der Waals surface area contributed by atoms with Gasteiger partial charge in [-0.25, -0.2) is 9.18 Å². The van der Waals surface area contributed by atoms with Gasteiger partial charge in [-0.3, -0.25) is 0 Å². The van der Waals surface area contributed by atoms with Crippen molar-refractivity contribution in [1.29, 1.82) is 0 Å². The van der Waals surface area contributed by atoms with Crippen molar-refractivity contribution in [3.63, 3.8) is 0 Å². The Labute approximate surface area is 146 Å². The predicted octanol–water partition coefficient (Wildman–Crippen LogP) is 3.01. The number of aliphatic hydroxyl groups is 1. The van der Waals surface area contributed by atoms with Crippen LogP contribution in [-0.2, 0) is 13.1 Å². The predicted molar refractivity (Wildman–Crippen MR) is 93.5 cm³/mol. The van der Waals surface area contributed by atoms with Crippen molar-refractivity contribution in [2.75, 3.05) is 6.54 Å². The van der Waals surface area contributed by atoms with E-state index in [2.05, 4.69) is 5.32 Å². The zero-order chi connectivity index (χ0) is 18.4. The van der Waals surface area contributed by atoms with Crippen molar-refractivity contribution in [3.05, 3.63) is 65.5 Å². The van der Waals surface area contributed by atoms with Crippen molar-refractivity contribution < 1.29 is 19.4 Å².